The summed E-state index contributed by atoms with van der Waals surface area (Å²) in [5.74, 6) is -2.67. The Morgan fingerprint density at radius 3 is 2.31 bits per heavy atom. The minimum atomic E-state index is -3.88. The molecule has 29 heavy (non-hydrogen) atoms. The Labute approximate surface area is 169 Å². The number of halogens is 1. The number of hydrogen-bond donors (Lipinski definition) is 1. The molecule has 1 atom stereocenters. The van der Waals surface area contributed by atoms with Crippen molar-refractivity contribution in [2.75, 3.05) is 18.4 Å². The van der Waals surface area contributed by atoms with Gasteiger partial charge in [0.25, 0.3) is 5.91 Å². The molecule has 1 amide bonds. The number of sulfonamides is 1. The predicted octanol–water partition coefficient (Wildman–Crippen LogP) is 3.04. The number of carbonyl (C=O) groups excluding carboxylic acids is 2. The fourth-order valence-corrected chi connectivity index (χ4v) is 4.06. The summed E-state index contributed by atoms with van der Waals surface area (Å²) in [4.78, 5) is 24.3. The molecule has 0 bridgehead atoms. The normalized spacial score (nSPS) is 12.4. The van der Waals surface area contributed by atoms with Crippen LogP contribution in [-0.2, 0) is 19.6 Å². The van der Waals surface area contributed by atoms with E-state index in [-0.39, 0.29) is 18.0 Å². The smallest absolute Gasteiger partial charge is 0.341 e. The first-order chi connectivity index (χ1) is 13.7. The Morgan fingerprint density at radius 2 is 1.72 bits per heavy atom. The average Bonchev–Trinajstić information content (AvgIpc) is 2.69. The van der Waals surface area contributed by atoms with Crippen molar-refractivity contribution in [3.05, 3.63) is 59.9 Å². The van der Waals surface area contributed by atoms with Crippen molar-refractivity contribution in [1.82, 2.24) is 4.31 Å². The zero-order chi connectivity index (χ0) is 21.6. The molecule has 0 saturated heterocycles. The quantitative estimate of drug-likeness (QED) is 0.660. The summed E-state index contributed by atoms with van der Waals surface area (Å²) in [6.45, 7) is 5.14. The first-order valence-corrected chi connectivity index (χ1v) is 10.5. The van der Waals surface area contributed by atoms with Gasteiger partial charge < -0.3 is 10.1 Å². The lowest BCUT2D eigenvalue weighted by molar-refractivity contribution is -0.123. The lowest BCUT2D eigenvalue weighted by Crippen LogP contribution is -2.31. The number of amides is 1. The van der Waals surface area contributed by atoms with E-state index in [4.69, 9.17) is 4.74 Å². The van der Waals surface area contributed by atoms with Gasteiger partial charge >= 0.3 is 5.97 Å². The minimum absolute atomic E-state index is 0.226. The molecule has 0 aliphatic carbocycles. The number of para-hydroxylation sites is 1. The van der Waals surface area contributed by atoms with Crippen LogP contribution in [0.25, 0.3) is 0 Å². The number of carbonyl (C=O) groups is 2. The highest BCUT2D eigenvalue weighted by Crippen LogP contribution is 2.20. The summed E-state index contributed by atoms with van der Waals surface area (Å²) in [5, 5.41) is 2.57. The van der Waals surface area contributed by atoms with Gasteiger partial charge in [-0.3, -0.25) is 4.79 Å². The molecule has 0 unspecified atom stereocenters. The molecule has 0 aliphatic heterocycles. The third-order valence-corrected chi connectivity index (χ3v) is 6.24. The molecule has 0 spiro atoms. The van der Waals surface area contributed by atoms with Crippen LogP contribution < -0.4 is 5.32 Å². The van der Waals surface area contributed by atoms with Gasteiger partial charge in [0, 0.05) is 18.8 Å². The summed E-state index contributed by atoms with van der Waals surface area (Å²) >= 11 is 0. The van der Waals surface area contributed by atoms with E-state index < -0.39 is 39.4 Å². The second-order valence-electron chi connectivity index (χ2n) is 6.13. The van der Waals surface area contributed by atoms with Gasteiger partial charge in [0.1, 0.15) is 5.82 Å². The molecule has 0 heterocycles. The summed E-state index contributed by atoms with van der Waals surface area (Å²) in [7, 11) is -3.88. The number of anilines is 1. The van der Waals surface area contributed by atoms with Crippen LogP contribution in [0.15, 0.2) is 53.4 Å². The van der Waals surface area contributed by atoms with E-state index >= 15 is 0 Å². The zero-order valence-electron chi connectivity index (χ0n) is 16.4. The van der Waals surface area contributed by atoms with Gasteiger partial charge in [-0.2, -0.15) is 4.31 Å². The number of hydrogen-bond acceptors (Lipinski definition) is 5. The van der Waals surface area contributed by atoms with Crippen molar-refractivity contribution < 1.29 is 27.1 Å². The second kappa shape index (κ2) is 9.62. The first kappa shape index (κ1) is 22.5. The van der Waals surface area contributed by atoms with Gasteiger partial charge in [0.2, 0.25) is 10.0 Å². The Hall–Kier alpha value is -2.78. The number of benzene rings is 2. The standard InChI is InChI=1S/C20H23FN2O5S/c1-4-23(5-2)29(26,27)16-11-12-18(21)17(13-16)20(25)28-14(3)19(24)22-15-9-7-6-8-10-15/h6-14H,4-5H2,1-3H3,(H,22,24)/t14-/m0/s1. The SMILES string of the molecule is CCN(CC)S(=O)(=O)c1ccc(F)c(C(=O)O[C@@H](C)C(=O)Nc2ccccc2)c1. The van der Waals surface area contributed by atoms with Crippen molar-refractivity contribution in [2.24, 2.45) is 0 Å². The Kier molecular flexibility index (Phi) is 7.46. The van der Waals surface area contributed by atoms with Gasteiger partial charge in [0.15, 0.2) is 6.10 Å². The topological polar surface area (TPSA) is 92.8 Å². The van der Waals surface area contributed by atoms with Gasteiger partial charge in [-0.05, 0) is 37.3 Å². The fraction of sp³-hybridized carbons (Fsp3) is 0.300. The van der Waals surface area contributed by atoms with E-state index in [1.165, 1.54) is 11.2 Å². The predicted molar refractivity (Wildman–Crippen MR) is 106 cm³/mol. The van der Waals surface area contributed by atoms with Crippen molar-refractivity contribution in [2.45, 2.75) is 31.8 Å². The van der Waals surface area contributed by atoms with E-state index in [0.29, 0.717) is 5.69 Å². The van der Waals surface area contributed by atoms with Crippen LogP contribution in [0.3, 0.4) is 0 Å². The first-order valence-electron chi connectivity index (χ1n) is 9.07. The number of rotatable bonds is 8. The Morgan fingerprint density at radius 1 is 1.10 bits per heavy atom. The monoisotopic (exact) mass is 422 g/mol. The molecule has 0 fully saturated rings. The van der Waals surface area contributed by atoms with E-state index in [1.807, 2.05) is 0 Å². The average molecular weight is 422 g/mol. The van der Waals surface area contributed by atoms with Crippen LogP contribution in [0.5, 0.6) is 0 Å². The summed E-state index contributed by atoms with van der Waals surface area (Å²) in [6, 6.07) is 11.5. The lowest BCUT2D eigenvalue weighted by atomic mass is 10.2. The fourth-order valence-electron chi connectivity index (χ4n) is 2.58. The molecule has 0 aromatic heterocycles. The van der Waals surface area contributed by atoms with Crippen LogP contribution in [-0.4, -0.2) is 43.8 Å². The van der Waals surface area contributed by atoms with Gasteiger partial charge in [-0.1, -0.05) is 32.0 Å². The molecular formula is C20H23FN2O5S. The Balaban J connectivity index is 2.19. The van der Waals surface area contributed by atoms with Gasteiger partial charge in [-0.15, -0.1) is 0 Å². The number of esters is 1. The maximum absolute atomic E-state index is 14.2. The van der Waals surface area contributed by atoms with E-state index in [2.05, 4.69) is 5.32 Å². The highest BCUT2D eigenvalue weighted by molar-refractivity contribution is 7.89. The lowest BCUT2D eigenvalue weighted by Gasteiger charge is -2.19. The van der Waals surface area contributed by atoms with Crippen LogP contribution in [0.2, 0.25) is 0 Å². The van der Waals surface area contributed by atoms with Crippen molar-refractivity contribution in [1.29, 1.82) is 0 Å². The molecule has 2 aromatic rings. The Bertz CT molecular complexity index is 976. The molecule has 0 aliphatic rings. The van der Waals surface area contributed by atoms with Crippen LogP contribution in [0.1, 0.15) is 31.1 Å². The molecule has 7 nitrogen and oxygen atoms in total. The van der Waals surface area contributed by atoms with Gasteiger partial charge in [-0.25, -0.2) is 17.6 Å². The maximum Gasteiger partial charge on any atom is 0.341 e. The summed E-state index contributed by atoms with van der Waals surface area (Å²) in [6.07, 6.45) is -1.22. The summed E-state index contributed by atoms with van der Waals surface area (Å²) < 4.78 is 45.6. The van der Waals surface area contributed by atoms with Crippen LogP contribution >= 0.6 is 0 Å². The number of ether oxygens (including phenoxy) is 1. The highest BCUT2D eigenvalue weighted by atomic mass is 32.2. The van der Waals surface area contributed by atoms with E-state index in [9.17, 15) is 22.4 Å². The van der Waals surface area contributed by atoms with Crippen molar-refractivity contribution in [3.63, 3.8) is 0 Å². The second-order valence-corrected chi connectivity index (χ2v) is 8.07. The van der Waals surface area contributed by atoms with Crippen molar-refractivity contribution in [3.8, 4) is 0 Å². The molecule has 156 valence electrons. The molecular weight excluding hydrogens is 399 g/mol. The molecule has 2 rings (SSSR count). The third kappa shape index (κ3) is 5.39. The highest BCUT2D eigenvalue weighted by Gasteiger charge is 2.26. The van der Waals surface area contributed by atoms with Crippen LogP contribution in [0, 0.1) is 5.82 Å². The van der Waals surface area contributed by atoms with E-state index in [1.54, 1.807) is 44.2 Å². The molecule has 1 N–H and O–H groups in total. The zero-order valence-corrected chi connectivity index (χ0v) is 17.2. The largest absolute Gasteiger partial charge is 0.449 e. The maximum atomic E-state index is 14.2. The molecule has 2 aromatic carbocycles. The van der Waals surface area contributed by atoms with Gasteiger partial charge in [0.05, 0.1) is 10.5 Å². The molecule has 0 radical (unpaired) electrons. The van der Waals surface area contributed by atoms with E-state index in [0.717, 1.165) is 18.2 Å². The third-order valence-electron chi connectivity index (χ3n) is 4.20. The summed E-state index contributed by atoms with van der Waals surface area (Å²) in [5.41, 5.74) is -0.0449. The van der Waals surface area contributed by atoms with Crippen molar-refractivity contribution >= 4 is 27.6 Å². The number of nitrogens with one attached hydrogen (secondary N) is 1. The molecule has 0 saturated carbocycles. The number of nitrogens with zero attached hydrogens (tertiary/aromatic N) is 1. The van der Waals surface area contributed by atoms with Crippen LogP contribution in [0.4, 0.5) is 10.1 Å². The minimum Gasteiger partial charge on any atom is -0.449 e. The molecule has 9 heteroatoms.